The minimum atomic E-state index is -4.38. The van der Waals surface area contributed by atoms with Gasteiger partial charge in [0.2, 0.25) is 0 Å². The highest BCUT2D eigenvalue weighted by molar-refractivity contribution is 5.95. The van der Waals surface area contributed by atoms with Crippen LogP contribution in [0.4, 0.5) is 13.2 Å². The SMILES string of the molecule is Cc1nn(CC(F)(F)F)cc1C(=O)NC[C@H]1CCO[C@@H]1c1cn[nH]c1. The number of nitrogens with zero attached hydrogens (tertiary/aromatic N) is 3. The van der Waals surface area contributed by atoms with Crippen molar-refractivity contribution in [2.75, 3.05) is 13.2 Å². The lowest BCUT2D eigenvalue weighted by atomic mass is 9.97. The summed E-state index contributed by atoms with van der Waals surface area (Å²) in [6.45, 7) is 1.23. The average molecular weight is 357 g/mol. The number of hydrogen-bond acceptors (Lipinski definition) is 4. The molecule has 1 amide bonds. The summed E-state index contributed by atoms with van der Waals surface area (Å²) in [7, 11) is 0. The first-order valence-corrected chi connectivity index (χ1v) is 7.83. The summed E-state index contributed by atoms with van der Waals surface area (Å²) in [5.41, 5.74) is 1.31. The second-order valence-corrected chi connectivity index (χ2v) is 6.02. The molecule has 0 unspecified atom stereocenters. The van der Waals surface area contributed by atoms with Crippen LogP contribution in [0.5, 0.6) is 0 Å². The van der Waals surface area contributed by atoms with Gasteiger partial charge in [-0.15, -0.1) is 0 Å². The number of aryl methyl sites for hydroxylation is 1. The molecule has 3 rings (SSSR count). The van der Waals surface area contributed by atoms with Gasteiger partial charge in [-0.05, 0) is 13.3 Å². The van der Waals surface area contributed by atoms with Crippen molar-refractivity contribution in [1.29, 1.82) is 0 Å². The number of carbonyl (C=O) groups is 1. The fourth-order valence-corrected chi connectivity index (χ4v) is 2.95. The maximum atomic E-state index is 12.4. The lowest BCUT2D eigenvalue weighted by Crippen LogP contribution is -2.30. The highest BCUT2D eigenvalue weighted by atomic mass is 19.4. The molecule has 136 valence electrons. The van der Waals surface area contributed by atoms with Crippen LogP contribution in [0.2, 0.25) is 0 Å². The van der Waals surface area contributed by atoms with Gasteiger partial charge in [0.1, 0.15) is 6.54 Å². The number of H-pyrrole nitrogens is 1. The summed E-state index contributed by atoms with van der Waals surface area (Å²) in [6, 6.07) is 0. The predicted molar refractivity (Wildman–Crippen MR) is 80.7 cm³/mol. The summed E-state index contributed by atoms with van der Waals surface area (Å²) in [5.74, 6) is -0.365. The highest BCUT2D eigenvalue weighted by Gasteiger charge is 2.31. The van der Waals surface area contributed by atoms with Crippen molar-refractivity contribution in [3.63, 3.8) is 0 Å². The Morgan fingerprint density at radius 3 is 3.00 bits per heavy atom. The molecule has 0 radical (unpaired) electrons. The van der Waals surface area contributed by atoms with Crippen LogP contribution < -0.4 is 5.32 Å². The monoisotopic (exact) mass is 357 g/mol. The molecule has 10 heteroatoms. The minimum Gasteiger partial charge on any atom is -0.373 e. The predicted octanol–water partition coefficient (Wildman–Crippen LogP) is 1.98. The van der Waals surface area contributed by atoms with Crippen LogP contribution in [0.1, 0.15) is 34.1 Å². The zero-order valence-electron chi connectivity index (χ0n) is 13.5. The van der Waals surface area contributed by atoms with E-state index in [-0.39, 0.29) is 23.3 Å². The second kappa shape index (κ2) is 6.87. The van der Waals surface area contributed by atoms with E-state index in [4.69, 9.17) is 4.74 Å². The average Bonchev–Trinajstić information content (AvgIpc) is 3.22. The van der Waals surface area contributed by atoms with Gasteiger partial charge < -0.3 is 10.1 Å². The van der Waals surface area contributed by atoms with Gasteiger partial charge in [0, 0.05) is 37.0 Å². The van der Waals surface area contributed by atoms with Crippen LogP contribution in [0, 0.1) is 12.8 Å². The third-order valence-electron chi connectivity index (χ3n) is 4.12. The molecule has 1 saturated heterocycles. The van der Waals surface area contributed by atoms with Crippen LogP contribution in [0.15, 0.2) is 18.6 Å². The molecule has 0 bridgehead atoms. The lowest BCUT2D eigenvalue weighted by molar-refractivity contribution is -0.142. The Kier molecular flexibility index (Phi) is 4.80. The van der Waals surface area contributed by atoms with E-state index in [0.717, 1.165) is 22.9 Å². The molecular weight excluding hydrogens is 339 g/mol. The number of nitrogens with one attached hydrogen (secondary N) is 2. The van der Waals surface area contributed by atoms with E-state index in [9.17, 15) is 18.0 Å². The Hall–Kier alpha value is -2.36. The number of ether oxygens (including phenoxy) is 1. The van der Waals surface area contributed by atoms with Crippen LogP contribution >= 0.6 is 0 Å². The first kappa shape index (κ1) is 17.5. The molecule has 2 aromatic heterocycles. The van der Waals surface area contributed by atoms with Crippen molar-refractivity contribution in [2.45, 2.75) is 32.2 Å². The largest absolute Gasteiger partial charge is 0.408 e. The summed E-state index contributed by atoms with van der Waals surface area (Å²) < 4.78 is 43.7. The molecule has 1 aliphatic rings. The van der Waals surface area contributed by atoms with E-state index >= 15 is 0 Å². The number of carbonyl (C=O) groups excluding carboxylic acids is 1. The first-order valence-electron chi connectivity index (χ1n) is 7.83. The molecular formula is C15H18F3N5O2. The quantitative estimate of drug-likeness (QED) is 0.857. The van der Waals surface area contributed by atoms with Gasteiger partial charge in [-0.25, -0.2) is 0 Å². The second-order valence-electron chi connectivity index (χ2n) is 6.02. The molecule has 0 spiro atoms. The van der Waals surface area contributed by atoms with E-state index in [1.165, 1.54) is 6.92 Å². The topological polar surface area (TPSA) is 84.8 Å². The number of aromatic nitrogens is 4. The van der Waals surface area contributed by atoms with Gasteiger partial charge in [0.15, 0.2) is 0 Å². The molecule has 0 saturated carbocycles. The third-order valence-corrected chi connectivity index (χ3v) is 4.12. The van der Waals surface area contributed by atoms with Gasteiger partial charge >= 0.3 is 6.18 Å². The Labute approximate surface area is 141 Å². The molecule has 0 aromatic carbocycles. The zero-order valence-corrected chi connectivity index (χ0v) is 13.5. The third kappa shape index (κ3) is 4.19. The zero-order chi connectivity index (χ0) is 18.0. The first-order chi connectivity index (χ1) is 11.8. The van der Waals surface area contributed by atoms with Crippen molar-refractivity contribution in [1.82, 2.24) is 25.3 Å². The molecule has 3 heterocycles. The fraction of sp³-hybridized carbons (Fsp3) is 0.533. The van der Waals surface area contributed by atoms with E-state index in [1.54, 1.807) is 12.4 Å². The Balaban J connectivity index is 1.61. The standard InChI is InChI=1S/C15H18F3N5O2/c1-9-12(7-23(22-9)8-15(16,17)18)14(24)19-4-10-2-3-25-13(10)11-5-20-21-6-11/h5-7,10,13H,2-4,8H2,1H3,(H,19,24)(H,20,21)/t10-,13+/m1/s1. The van der Waals surface area contributed by atoms with Gasteiger partial charge in [0.05, 0.1) is 23.6 Å². The number of hydrogen-bond donors (Lipinski definition) is 2. The van der Waals surface area contributed by atoms with Crippen molar-refractivity contribution >= 4 is 5.91 Å². The van der Waals surface area contributed by atoms with Crippen LogP contribution in [-0.4, -0.2) is 45.2 Å². The Bertz CT molecular complexity index is 726. The fourth-order valence-electron chi connectivity index (χ4n) is 2.95. The number of alkyl halides is 3. The summed E-state index contributed by atoms with van der Waals surface area (Å²) in [4.78, 5) is 12.3. The molecule has 2 atom stereocenters. The van der Waals surface area contributed by atoms with Crippen LogP contribution in [-0.2, 0) is 11.3 Å². The molecule has 2 aromatic rings. The van der Waals surface area contributed by atoms with Gasteiger partial charge in [-0.3, -0.25) is 14.6 Å². The number of rotatable bonds is 5. The molecule has 1 aliphatic heterocycles. The molecule has 0 aliphatic carbocycles. The van der Waals surface area contributed by atoms with Crippen LogP contribution in [0.25, 0.3) is 0 Å². The van der Waals surface area contributed by atoms with Gasteiger partial charge in [-0.1, -0.05) is 0 Å². The molecule has 2 N–H and O–H groups in total. The van der Waals surface area contributed by atoms with E-state index in [1.807, 2.05) is 0 Å². The van der Waals surface area contributed by atoms with Crippen molar-refractivity contribution in [3.05, 3.63) is 35.4 Å². The number of aromatic amines is 1. The summed E-state index contributed by atoms with van der Waals surface area (Å²) >= 11 is 0. The summed E-state index contributed by atoms with van der Waals surface area (Å²) in [6.07, 6.45) is 0.782. The van der Waals surface area contributed by atoms with Crippen LogP contribution in [0.3, 0.4) is 0 Å². The number of halogens is 3. The minimum absolute atomic E-state index is 0.0760. The normalized spacial score (nSPS) is 20.8. The molecule has 1 fully saturated rings. The maximum absolute atomic E-state index is 12.4. The smallest absolute Gasteiger partial charge is 0.373 e. The molecule has 25 heavy (non-hydrogen) atoms. The van der Waals surface area contributed by atoms with E-state index in [0.29, 0.717) is 13.2 Å². The Morgan fingerprint density at radius 1 is 1.52 bits per heavy atom. The van der Waals surface area contributed by atoms with Gasteiger partial charge in [-0.2, -0.15) is 23.4 Å². The molecule has 7 nitrogen and oxygen atoms in total. The van der Waals surface area contributed by atoms with Crippen molar-refractivity contribution in [2.24, 2.45) is 5.92 Å². The number of amides is 1. The summed E-state index contributed by atoms with van der Waals surface area (Å²) in [5, 5.41) is 13.1. The van der Waals surface area contributed by atoms with Crippen molar-refractivity contribution in [3.8, 4) is 0 Å². The van der Waals surface area contributed by atoms with Gasteiger partial charge in [0.25, 0.3) is 5.91 Å². The van der Waals surface area contributed by atoms with E-state index in [2.05, 4.69) is 20.6 Å². The lowest BCUT2D eigenvalue weighted by Gasteiger charge is -2.17. The highest BCUT2D eigenvalue weighted by Crippen LogP contribution is 2.33. The maximum Gasteiger partial charge on any atom is 0.408 e. The van der Waals surface area contributed by atoms with Crippen molar-refractivity contribution < 1.29 is 22.7 Å². The van der Waals surface area contributed by atoms with E-state index < -0.39 is 18.6 Å². The Morgan fingerprint density at radius 2 is 2.32 bits per heavy atom.